The van der Waals surface area contributed by atoms with Crippen molar-refractivity contribution in [3.8, 4) is 0 Å². The molecular formula is C14H22N2O2. The van der Waals surface area contributed by atoms with Gasteiger partial charge in [-0.15, -0.1) is 0 Å². The van der Waals surface area contributed by atoms with E-state index in [1.54, 1.807) is 4.90 Å². The van der Waals surface area contributed by atoms with Crippen molar-refractivity contribution >= 4 is 17.3 Å². The van der Waals surface area contributed by atoms with Crippen molar-refractivity contribution in [2.45, 2.75) is 13.8 Å². The average Bonchev–Trinajstić information content (AvgIpc) is 2.42. The monoisotopic (exact) mass is 250 g/mol. The SMILES string of the molecule is CC.CN(C)c1ccc(N2CCOCC2=O)cc1. The Labute approximate surface area is 109 Å². The van der Waals surface area contributed by atoms with E-state index in [0.717, 1.165) is 11.4 Å². The van der Waals surface area contributed by atoms with Crippen LogP contribution < -0.4 is 9.80 Å². The lowest BCUT2D eigenvalue weighted by Crippen LogP contribution is -2.41. The predicted molar refractivity (Wildman–Crippen MR) is 75.3 cm³/mol. The Bertz CT molecular complexity index is 374. The van der Waals surface area contributed by atoms with Crippen LogP contribution in [0.25, 0.3) is 0 Å². The van der Waals surface area contributed by atoms with Crippen LogP contribution >= 0.6 is 0 Å². The molecule has 100 valence electrons. The summed E-state index contributed by atoms with van der Waals surface area (Å²) < 4.78 is 5.10. The van der Waals surface area contributed by atoms with Gasteiger partial charge in [0.05, 0.1) is 6.61 Å². The maximum atomic E-state index is 11.6. The zero-order chi connectivity index (χ0) is 13.5. The Hall–Kier alpha value is -1.55. The molecule has 0 aromatic heterocycles. The summed E-state index contributed by atoms with van der Waals surface area (Å²) in [6.07, 6.45) is 0. The number of hydrogen-bond acceptors (Lipinski definition) is 3. The standard InChI is InChI=1S/C12H16N2O2.C2H6/c1-13(2)10-3-5-11(6-4-10)14-7-8-16-9-12(14)15;1-2/h3-6H,7-9H2,1-2H3;1-2H3. The van der Waals surface area contributed by atoms with Gasteiger partial charge >= 0.3 is 0 Å². The number of amides is 1. The lowest BCUT2D eigenvalue weighted by atomic mass is 10.2. The molecule has 0 atom stereocenters. The molecule has 1 heterocycles. The van der Waals surface area contributed by atoms with Gasteiger partial charge in [-0.05, 0) is 24.3 Å². The van der Waals surface area contributed by atoms with Crippen molar-refractivity contribution in [3.63, 3.8) is 0 Å². The Morgan fingerprint density at radius 2 is 1.78 bits per heavy atom. The van der Waals surface area contributed by atoms with Gasteiger partial charge in [-0.1, -0.05) is 13.8 Å². The van der Waals surface area contributed by atoms with Crippen LogP contribution in [0.15, 0.2) is 24.3 Å². The molecule has 0 aliphatic carbocycles. The van der Waals surface area contributed by atoms with Crippen LogP contribution in [0, 0.1) is 0 Å². The van der Waals surface area contributed by atoms with Crippen LogP contribution in [0.5, 0.6) is 0 Å². The number of benzene rings is 1. The summed E-state index contributed by atoms with van der Waals surface area (Å²) in [5.41, 5.74) is 2.07. The molecule has 1 saturated heterocycles. The summed E-state index contributed by atoms with van der Waals surface area (Å²) in [7, 11) is 3.99. The fraction of sp³-hybridized carbons (Fsp3) is 0.500. The normalized spacial score (nSPS) is 14.9. The van der Waals surface area contributed by atoms with Crippen molar-refractivity contribution in [2.75, 3.05) is 43.7 Å². The molecule has 0 unspecified atom stereocenters. The lowest BCUT2D eigenvalue weighted by Gasteiger charge is -2.27. The molecule has 0 N–H and O–H groups in total. The number of carbonyl (C=O) groups is 1. The first-order valence-electron chi connectivity index (χ1n) is 6.34. The summed E-state index contributed by atoms with van der Waals surface area (Å²) in [4.78, 5) is 15.4. The fourth-order valence-corrected chi connectivity index (χ4v) is 1.72. The van der Waals surface area contributed by atoms with Gasteiger partial charge in [0.2, 0.25) is 0 Å². The van der Waals surface area contributed by atoms with Gasteiger partial charge in [-0.25, -0.2) is 0 Å². The molecule has 0 radical (unpaired) electrons. The number of nitrogens with zero attached hydrogens (tertiary/aromatic N) is 2. The maximum Gasteiger partial charge on any atom is 0.253 e. The largest absolute Gasteiger partial charge is 0.378 e. The molecule has 4 nitrogen and oxygen atoms in total. The second-order valence-electron chi connectivity index (χ2n) is 4.01. The summed E-state index contributed by atoms with van der Waals surface area (Å²) >= 11 is 0. The number of rotatable bonds is 2. The molecule has 4 heteroatoms. The van der Waals surface area contributed by atoms with Crippen molar-refractivity contribution in [3.05, 3.63) is 24.3 Å². The van der Waals surface area contributed by atoms with Crippen LogP contribution in [0.4, 0.5) is 11.4 Å². The van der Waals surface area contributed by atoms with Gasteiger partial charge in [0.25, 0.3) is 5.91 Å². The molecule has 1 aliphatic rings. The van der Waals surface area contributed by atoms with Gasteiger partial charge < -0.3 is 14.5 Å². The maximum absolute atomic E-state index is 11.6. The molecule has 1 aliphatic heterocycles. The highest BCUT2D eigenvalue weighted by molar-refractivity contribution is 5.94. The number of ether oxygens (including phenoxy) is 1. The van der Waals surface area contributed by atoms with E-state index in [2.05, 4.69) is 0 Å². The highest BCUT2D eigenvalue weighted by Crippen LogP contribution is 2.20. The van der Waals surface area contributed by atoms with Gasteiger partial charge in [0, 0.05) is 32.0 Å². The minimum absolute atomic E-state index is 0.0313. The van der Waals surface area contributed by atoms with E-state index in [-0.39, 0.29) is 12.5 Å². The third-order valence-corrected chi connectivity index (χ3v) is 2.66. The molecule has 1 amide bonds. The van der Waals surface area contributed by atoms with Crippen LogP contribution in [0.1, 0.15) is 13.8 Å². The molecule has 1 aromatic carbocycles. The topological polar surface area (TPSA) is 32.8 Å². The molecule has 0 bridgehead atoms. The first-order valence-corrected chi connectivity index (χ1v) is 6.34. The number of hydrogen-bond donors (Lipinski definition) is 0. The van der Waals surface area contributed by atoms with E-state index >= 15 is 0 Å². The third kappa shape index (κ3) is 3.47. The first-order chi connectivity index (χ1) is 8.68. The van der Waals surface area contributed by atoms with E-state index in [1.165, 1.54) is 0 Å². The third-order valence-electron chi connectivity index (χ3n) is 2.66. The molecule has 0 spiro atoms. The average molecular weight is 250 g/mol. The minimum atomic E-state index is 0.0313. The fourth-order valence-electron chi connectivity index (χ4n) is 1.72. The number of anilines is 2. The predicted octanol–water partition coefficient (Wildman–Crippen LogP) is 2.14. The number of morpholine rings is 1. The molecular weight excluding hydrogens is 228 g/mol. The summed E-state index contributed by atoms with van der Waals surface area (Å²) in [6.45, 7) is 5.44. The van der Waals surface area contributed by atoms with Crippen molar-refractivity contribution in [1.29, 1.82) is 0 Å². The zero-order valence-corrected chi connectivity index (χ0v) is 11.6. The molecule has 18 heavy (non-hydrogen) atoms. The van der Waals surface area contributed by atoms with Crippen molar-refractivity contribution in [2.24, 2.45) is 0 Å². The highest BCUT2D eigenvalue weighted by Gasteiger charge is 2.19. The second kappa shape index (κ2) is 7.01. The van der Waals surface area contributed by atoms with Crippen LogP contribution in [0.2, 0.25) is 0 Å². The smallest absolute Gasteiger partial charge is 0.253 e. The summed E-state index contributed by atoms with van der Waals surface area (Å²) in [5, 5.41) is 0. The van der Waals surface area contributed by atoms with E-state index in [9.17, 15) is 4.79 Å². The van der Waals surface area contributed by atoms with Gasteiger partial charge in [-0.3, -0.25) is 4.79 Å². The van der Waals surface area contributed by atoms with Crippen molar-refractivity contribution in [1.82, 2.24) is 0 Å². The molecule has 1 fully saturated rings. The van der Waals surface area contributed by atoms with Gasteiger partial charge in [-0.2, -0.15) is 0 Å². The van der Waals surface area contributed by atoms with Crippen LogP contribution in [-0.2, 0) is 9.53 Å². The van der Waals surface area contributed by atoms with E-state index in [0.29, 0.717) is 13.2 Å². The zero-order valence-electron chi connectivity index (χ0n) is 11.6. The molecule has 0 saturated carbocycles. The van der Waals surface area contributed by atoms with Crippen LogP contribution in [-0.4, -0.2) is 39.8 Å². The minimum Gasteiger partial charge on any atom is -0.378 e. The molecule has 1 aromatic rings. The summed E-state index contributed by atoms with van der Waals surface area (Å²) in [5.74, 6) is 0.0313. The van der Waals surface area contributed by atoms with E-state index in [4.69, 9.17) is 4.74 Å². The van der Waals surface area contributed by atoms with Gasteiger partial charge in [0.15, 0.2) is 0 Å². The van der Waals surface area contributed by atoms with Gasteiger partial charge in [0.1, 0.15) is 6.61 Å². The van der Waals surface area contributed by atoms with Crippen LogP contribution in [0.3, 0.4) is 0 Å². The van der Waals surface area contributed by atoms with E-state index in [1.807, 2.05) is 57.1 Å². The first kappa shape index (κ1) is 14.5. The summed E-state index contributed by atoms with van der Waals surface area (Å²) in [6, 6.07) is 7.97. The Morgan fingerprint density at radius 3 is 2.28 bits per heavy atom. The van der Waals surface area contributed by atoms with E-state index < -0.39 is 0 Å². The lowest BCUT2D eigenvalue weighted by molar-refractivity contribution is -0.125. The Kier molecular flexibility index (Phi) is 5.65. The number of carbonyl (C=O) groups excluding carboxylic acids is 1. The van der Waals surface area contributed by atoms with Crippen molar-refractivity contribution < 1.29 is 9.53 Å². The quantitative estimate of drug-likeness (QED) is 0.806. The molecule has 2 rings (SSSR count). The highest BCUT2D eigenvalue weighted by atomic mass is 16.5. The Morgan fingerprint density at radius 1 is 1.17 bits per heavy atom. The second-order valence-corrected chi connectivity index (χ2v) is 4.01. The Balaban J connectivity index is 0.000000771.